The fourth-order valence-corrected chi connectivity index (χ4v) is 7.83. The van der Waals surface area contributed by atoms with Gasteiger partial charge in [-0.1, -0.05) is 102 Å². The Morgan fingerprint density at radius 3 is 2.04 bits per heavy atom. The van der Waals surface area contributed by atoms with Gasteiger partial charge in [0.15, 0.2) is 0 Å². The molecule has 5 aromatic carbocycles. The number of anilines is 2. The number of hydrogen-bond donors (Lipinski definition) is 0. The highest BCUT2D eigenvalue weighted by Gasteiger charge is 2.26. The molecule has 4 heterocycles. The fourth-order valence-electron chi connectivity index (χ4n) is 7.83. The molecule has 0 fully saturated rings. The molecule has 0 amide bonds. The Labute approximate surface area is 317 Å². The number of para-hydroxylation sites is 3. The summed E-state index contributed by atoms with van der Waals surface area (Å²) in [6.07, 6.45) is 6.25. The highest BCUT2D eigenvalue weighted by Crippen LogP contribution is 2.42. The average Bonchev–Trinajstić information content (AvgIpc) is 3.88. The minimum atomic E-state index is -0.0331. The summed E-state index contributed by atoms with van der Waals surface area (Å²) >= 11 is 0. The van der Waals surface area contributed by atoms with E-state index >= 15 is 0 Å². The number of pyridine rings is 1. The van der Waals surface area contributed by atoms with E-state index in [2.05, 4.69) is 200 Å². The van der Waals surface area contributed by atoms with E-state index in [0.717, 1.165) is 62.8 Å². The number of hydrogen-bond acceptors (Lipinski definition) is 4. The van der Waals surface area contributed by atoms with Crippen LogP contribution in [0.25, 0.3) is 44.3 Å². The predicted octanol–water partition coefficient (Wildman–Crippen LogP) is 12.3. The number of nitrogens with zero attached hydrogens (tertiary/aromatic N) is 5. The van der Waals surface area contributed by atoms with E-state index in [4.69, 9.17) is 9.72 Å². The second-order valence-corrected chi connectivity index (χ2v) is 16.3. The molecule has 0 saturated heterocycles. The van der Waals surface area contributed by atoms with E-state index in [1.165, 1.54) is 22.2 Å². The third-order valence-corrected chi connectivity index (χ3v) is 10.5. The van der Waals surface area contributed by atoms with Gasteiger partial charge in [-0.25, -0.2) is 4.98 Å². The Morgan fingerprint density at radius 2 is 1.22 bits per heavy atom. The third kappa shape index (κ3) is 5.79. The first kappa shape index (κ1) is 33.6. The maximum Gasteiger partial charge on any atom is 0.137 e. The Hall–Kier alpha value is -6.27. The molecule has 8 aromatic rings. The third-order valence-electron chi connectivity index (χ3n) is 10.5. The van der Waals surface area contributed by atoms with Gasteiger partial charge in [-0.15, -0.1) is 0 Å². The van der Waals surface area contributed by atoms with Gasteiger partial charge in [0.1, 0.15) is 17.3 Å². The summed E-state index contributed by atoms with van der Waals surface area (Å²) in [6.45, 7) is 14.3. The molecule has 268 valence electrons. The lowest BCUT2D eigenvalue weighted by atomic mass is 9.85. The van der Waals surface area contributed by atoms with Gasteiger partial charge in [-0.05, 0) is 82.6 Å². The molecule has 1 aliphatic heterocycles. The molecule has 9 rings (SSSR count). The summed E-state index contributed by atoms with van der Waals surface area (Å²) in [6, 6.07) is 47.1. The zero-order valence-corrected chi connectivity index (χ0v) is 31.8. The van der Waals surface area contributed by atoms with Crippen LogP contribution in [-0.2, 0) is 10.8 Å². The molecule has 0 spiro atoms. The van der Waals surface area contributed by atoms with Crippen molar-refractivity contribution in [2.75, 3.05) is 16.5 Å². The Balaban J connectivity index is 1.14. The minimum absolute atomic E-state index is 0.0331. The Kier molecular flexibility index (Phi) is 7.89. The number of fused-ring (bicyclic) bond motifs is 5. The van der Waals surface area contributed by atoms with Gasteiger partial charge in [0.25, 0.3) is 0 Å². The van der Waals surface area contributed by atoms with Gasteiger partial charge >= 0.3 is 0 Å². The van der Waals surface area contributed by atoms with Gasteiger partial charge in [0, 0.05) is 58.6 Å². The largest absolute Gasteiger partial charge is 0.457 e. The van der Waals surface area contributed by atoms with Crippen molar-refractivity contribution in [1.82, 2.24) is 14.1 Å². The number of rotatable bonds is 6. The summed E-state index contributed by atoms with van der Waals surface area (Å²) in [5, 5.41) is 2.30. The highest BCUT2D eigenvalue weighted by molar-refractivity contribution is 6.20. The van der Waals surface area contributed by atoms with Crippen molar-refractivity contribution in [2.45, 2.75) is 52.4 Å². The summed E-state index contributed by atoms with van der Waals surface area (Å²) in [5.41, 5.74) is 10.5. The monoisotopic (exact) mass is 707 g/mol. The lowest BCUT2D eigenvalue weighted by molar-refractivity contribution is 0.483. The summed E-state index contributed by atoms with van der Waals surface area (Å²) in [7, 11) is 0. The van der Waals surface area contributed by atoms with E-state index in [9.17, 15) is 0 Å². The number of ether oxygens (including phenoxy) is 1. The second kappa shape index (κ2) is 12.7. The summed E-state index contributed by atoms with van der Waals surface area (Å²) in [5.74, 6) is 2.43. The molecule has 0 N–H and O–H groups in total. The van der Waals surface area contributed by atoms with Crippen LogP contribution in [-0.4, -0.2) is 20.8 Å². The van der Waals surface area contributed by atoms with Crippen molar-refractivity contribution in [2.24, 2.45) is 0 Å². The first-order valence-corrected chi connectivity index (χ1v) is 18.7. The van der Waals surface area contributed by atoms with E-state index < -0.39 is 0 Å². The van der Waals surface area contributed by atoms with Gasteiger partial charge in [0.2, 0.25) is 0 Å². The number of aromatic nitrogens is 3. The molecule has 0 aliphatic carbocycles. The van der Waals surface area contributed by atoms with Crippen LogP contribution in [0.4, 0.5) is 11.4 Å². The fraction of sp³-hybridized carbons (Fsp3) is 0.188. The van der Waals surface area contributed by atoms with Crippen LogP contribution < -0.4 is 14.5 Å². The van der Waals surface area contributed by atoms with Gasteiger partial charge < -0.3 is 19.1 Å². The number of benzene rings is 5. The van der Waals surface area contributed by atoms with Crippen LogP contribution in [0.1, 0.15) is 52.7 Å². The van der Waals surface area contributed by atoms with Crippen molar-refractivity contribution in [3.8, 4) is 23.0 Å². The lowest BCUT2D eigenvalue weighted by Gasteiger charge is -2.28. The zero-order valence-electron chi connectivity index (χ0n) is 31.8. The lowest BCUT2D eigenvalue weighted by Crippen LogP contribution is -2.27. The van der Waals surface area contributed by atoms with E-state index in [1.807, 2.05) is 12.3 Å². The van der Waals surface area contributed by atoms with Crippen LogP contribution in [0.3, 0.4) is 0 Å². The normalized spacial score (nSPS) is 13.5. The molecule has 6 heteroatoms. The van der Waals surface area contributed by atoms with Crippen LogP contribution >= 0.6 is 0 Å². The van der Waals surface area contributed by atoms with Crippen molar-refractivity contribution < 1.29 is 4.74 Å². The van der Waals surface area contributed by atoms with Gasteiger partial charge in [0.05, 0.1) is 28.7 Å². The Morgan fingerprint density at radius 1 is 0.537 bits per heavy atom. The molecule has 6 nitrogen and oxygen atoms in total. The topological polar surface area (TPSA) is 38.5 Å². The molecule has 1 aliphatic rings. The molecular formula is C48H45N5O. The maximum absolute atomic E-state index is 6.70. The van der Waals surface area contributed by atoms with Crippen LogP contribution in [0.5, 0.6) is 11.5 Å². The van der Waals surface area contributed by atoms with E-state index in [1.54, 1.807) is 0 Å². The molecule has 0 radical (unpaired) electrons. The first-order valence-electron chi connectivity index (χ1n) is 18.7. The van der Waals surface area contributed by atoms with Crippen molar-refractivity contribution in [1.29, 1.82) is 0 Å². The smallest absolute Gasteiger partial charge is 0.137 e. The van der Waals surface area contributed by atoms with Crippen LogP contribution in [0, 0.1) is 0 Å². The maximum atomic E-state index is 6.70. The van der Waals surface area contributed by atoms with Crippen molar-refractivity contribution in [3.05, 3.63) is 163 Å². The minimum Gasteiger partial charge on any atom is -0.457 e. The van der Waals surface area contributed by atoms with E-state index in [0.29, 0.717) is 0 Å². The van der Waals surface area contributed by atoms with Crippen LogP contribution in [0.2, 0.25) is 0 Å². The standard InChI is InChI=1S/C48H45N5O/c1-47(2,3)33-25-26-49-44(29-33)53-43-31-37(23-24-39(43)45-46(53)38-19-10-12-21-41(38)52(45)34-15-8-7-9-16-34)54-36-18-14-17-35(30-36)50-27-28-51(32-50)42-22-13-11-20-40(42)48(4,5)6/h7-31H,32H2,1-6H3. The highest BCUT2D eigenvalue weighted by atomic mass is 16.5. The SMILES string of the molecule is CC(C)(C)c1ccnc(-n2c3cc(Oc4cccc(N5C=CN(c6ccccc6C(C)(C)C)C5)c4)ccc3c3c2c2ccccc2n3-c2ccccc2)c1. The molecule has 54 heavy (non-hydrogen) atoms. The molecular weight excluding hydrogens is 663 g/mol. The average molecular weight is 708 g/mol. The first-order chi connectivity index (χ1) is 26.0. The van der Waals surface area contributed by atoms with Gasteiger partial charge in [-0.2, -0.15) is 0 Å². The van der Waals surface area contributed by atoms with Crippen molar-refractivity contribution in [3.63, 3.8) is 0 Å². The molecule has 0 atom stereocenters. The quantitative estimate of drug-likeness (QED) is 0.172. The zero-order chi connectivity index (χ0) is 37.2. The molecule has 3 aromatic heterocycles. The van der Waals surface area contributed by atoms with Crippen LogP contribution in [0.15, 0.2) is 152 Å². The molecule has 0 unspecified atom stereocenters. The molecule has 0 saturated carbocycles. The predicted molar refractivity (Wildman–Crippen MR) is 225 cm³/mol. The summed E-state index contributed by atoms with van der Waals surface area (Å²) in [4.78, 5) is 9.57. The van der Waals surface area contributed by atoms with E-state index in [-0.39, 0.29) is 10.8 Å². The Bertz CT molecular complexity index is 2700. The van der Waals surface area contributed by atoms with Crippen molar-refractivity contribution >= 4 is 44.2 Å². The second-order valence-electron chi connectivity index (χ2n) is 16.3. The van der Waals surface area contributed by atoms with Gasteiger partial charge in [-0.3, -0.25) is 4.57 Å². The molecule has 0 bridgehead atoms. The summed E-state index contributed by atoms with van der Waals surface area (Å²) < 4.78 is 11.4.